The van der Waals surface area contributed by atoms with Crippen LogP contribution >= 0.6 is 15.9 Å². The highest BCUT2D eigenvalue weighted by atomic mass is 79.9. The molecule has 1 nitrogen and oxygen atoms in total. The lowest BCUT2D eigenvalue weighted by Crippen LogP contribution is -2.21. The predicted molar refractivity (Wildman–Crippen MR) is 71.3 cm³/mol. The topological polar surface area (TPSA) is 9.23 Å². The molecule has 1 aromatic carbocycles. The van der Waals surface area contributed by atoms with Crippen LogP contribution in [0.4, 0.5) is 4.39 Å². The highest BCUT2D eigenvalue weighted by Gasteiger charge is 2.23. The molecule has 1 saturated carbocycles. The van der Waals surface area contributed by atoms with Gasteiger partial charge in [-0.15, -0.1) is 0 Å². The Morgan fingerprint density at radius 2 is 2.12 bits per heavy atom. The normalized spacial score (nSPS) is 24.6. The molecule has 0 heterocycles. The summed E-state index contributed by atoms with van der Waals surface area (Å²) in [6, 6.07) is 5.29. The molecular formula is C14H18BrFO. The molecule has 2 unspecified atom stereocenters. The van der Waals surface area contributed by atoms with Gasteiger partial charge in [0.15, 0.2) is 11.6 Å². The van der Waals surface area contributed by atoms with E-state index in [4.69, 9.17) is 4.74 Å². The Morgan fingerprint density at radius 3 is 2.76 bits per heavy atom. The fourth-order valence-corrected chi connectivity index (χ4v) is 3.31. The average Bonchev–Trinajstić information content (AvgIpc) is 2.32. The third-order valence-corrected chi connectivity index (χ3v) is 4.74. The molecular weight excluding hydrogens is 283 g/mol. The molecule has 2 atom stereocenters. The summed E-state index contributed by atoms with van der Waals surface area (Å²) in [5.41, 5.74) is 1.07. The lowest BCUT2D eigenvalue weighted by atomic mass is 9.85. The van der Waals surface area contributed by atoms with Gasteiger partial charge in [-0.1, -0.05) is 34.8 Å². The summed E-state index contributed by atoms with van der Waals surface area (Å²) in [6.45, 7) is 0. The minimum absolute atomic E-state index is 0.257. The van der Waals surface area contributed by atoms with Crippen LogP contribution in [0.1, 0.15) is 31.2 Å². The Bertz CT molecular complexity index is 380. The monoisotopic (exact) mass is 300 g/mol. The zero-order valence-electron chi connectivity index (χ0n) is 10.1. The van der Waals surface area contributed by atoms with E-state index in [0.29, 0.717) is 16.5 Å². The molecule has 0 aliphatic heterocycles. The van der Waals surface area contributed by atoms with Gasteiger partial charge < -0.3 is 4.74 Å². The Labute approximate surface area is 110 Å². The number of hydrogen-bond donors (Lipinski definition) is 0. The molecule has 1 aliphatic rings. The van der Waals surface area contributed by atoms with Crippen molar-refractivity contribution in [3.63, 3.8) is 0 Å². The summed E-state index contributed by atoms with van der Waals surface area (Å²) < 4.78 is 18.5. The number of halogens is 2. The Balaban J connectivity index is 2.05. The SMILES string of the molecule is COc1ccc(CC2CCCCC2Br)cc1F. The van der Waals surface area contributed by atoms with E-state index in [1.807, 2.05) is 6.07 Å². The quantitative estimate of drug-likeness (QED) is 0.755. The van der Waals surface area contributed by atoms with Crippen LogP contribution in [-0.4, -0.2) is 11.9 Å². The molecule has 0 saturated heterocycles. The molecule has 1 aromatic rings. The predicted octanol–water partition coefficient (Wildman–Crippen LogP) is 4.33. The number of rotatable bonds is 3. The maximum atomic E-state index is 13.6. The molecule has 3 heteroatoms. The van der Waals surface area contributed by atoms with Crippen LogP contribution in [0.5, 0.6) is 5.75 Å². The minimum Gasteiger partial charge on any atom is -0.494 e. The maximum absolute atomic E-state index is 13.6. The molecule has 0 radical (unpaired) electrons. The van der Waals surface area contributed by atoms with Gasteiger partial charge >= 0.3 is 0 Å². The van der Waals surface area contributed by atoms with Crippen LogP contribution in [0.2, 0.25) is 0 Å². The van der Waals surface area contributed by atoms with Crippen molar-refractivity contribution in [2.75, 3.05) is 7.11 Å². The standard InChI is InChI=1S/C14H18BrFO/c1-17-14-7-6-10(9-13(14)16)8-11-4-2-3-5-12(11)15/h6-7,9,11-12H,2-5,8H2,1H3. The second kappa shape index (κ2) is 5.85. The minimum atomic E-state index is -0.257. The average molecular weight is 301 g/mol. The van der Waals surface area contributed by atoms with Gasteiger partial charge in [0.25, 0.3) is 0 Å². The summed E-state index contributed by atoms with van der Waals surface area (Å²) in [7, 11) is 1.49. The highest BCUT2D eigenvalue weighted by Crippen LogP contribution is 2.33. The second-order valence-electron chi connectivity index (χ2n) is 4.73. The molecule has 0 N–H and O–H groups in total. The number of alkyl halides is 1. The Kier molecular flexibility index (Phi) is 4.43. The fraction of sp³-hybridized carbons (Fsp3) is 0.571. The summed E-state index contributed by atoms with van der Waals surface area (Å²) in [4.78, 5) is 0.585. The van der Waals surface area contributed by atoms with Crippen molar-refractivity contribution in [1.29, 1.82) is 0 Å². The van der Waals surface area contributed by atoms with Gasteiger partial charge in [0.05, 0.1) is 7.11 Å². The van der Waals surface area contributed by atoms with Gasteiger partial charge in [0.2, 0.25) is 0 Å². The van der Waals surface area contributed by atoms with Crippen molar-refractivity contribution in [3.8, 4) is 5.75 Å². The molecule has 0 spiro atoms. The Morgan fingerprint density at radius 1 is 1.35 bits per heavy atom. The zero-order chi connectivity index (χ0) is 12.3. The molecule has 0 amide bonds. The van der Waals surface area contributed by atoms with E-state index < -0.39 is 0 Å². The molecule has 0 bridgehead atoms. The van der Waals surface area contributed by atoms with Crippen molar-refractivity contribution >= 4 is 15.9 Å². The maximum Gasteiger partial charge on any atom is 0.165 e. The van der Waals surface area contributed by atoms with E-state index in [9.17, 15) is 4.39 Å². The van der Waals surface area contributed by atoms with E-state index in [2.05, 4.69) is 15.9 Å². The largest absolute Gasteiger partial charge is 0.494 e. The molecule has 1 fully saturated rings. The lowest BCUT2D eigenvalue weighted by molar-refractivity contribution is 0.370. The van der Waals surface area contributed by atoms with Crippen LogP contribution in [0, 0.1) is 11.7 Å². The first-order chi connectivity index (χ1) is 8.20. The van der Waals surface area contributed by atoms with Gasteiger partial charge in [-0.05, 0) is 42.9 Å². The molecule has 17 heavy (non-hydrogen) atoms. The zero-order valence-corrected chi connectivity index (χ0v) is 11.7. The Hall–Kier alpha value is -0.570. The van der Waals surface area contributed by atoms with Crippen molar-refractivity contribution in [2.45, 2.75) is 36.9 Å². The van der Waals surface area contributed by atoms with Crippen LogP contribution in [0.3, 0.4) is 0 Å². The first-order valence-corrected chi connectivity index (χ1v) is 7.08. The molecule has 2 rings (SSSR count). The van der Waals surface area contributed by atoms with Crippen molar-refractivity contribution in [2.24, 2.45) is 5.92 Å². The number of benzene rings is 1. The summed E-state index contributed by atoms with van der Waals surface area (Å²) in [5.74, 6) is 0.705. The fourth-order valence-electron chi connectivity index (χ4n) is 2.53. The van der Waals surface area contributed by atoms with Gasteiger partial charge in [0, 0.05) is 4.83 Å². The smallest absolute Gasteiger partial charge is 0.165 e. The highest BCUT2D eigenvalue weighted by molar-refractivity contribution is 9.09. The van der Waals surface area contributed by atoms with Crippen LogP contribution in [0.15, 0.2) is 18.2 Å². The van der Waals surface area contributed by atoms with E-state index in [0.717, 1.165) is 12.0 Å². The summed E-state index contributed by atoms with van der Waals surface area (Å²) >= 11 is 3.74. The second-order valence-corrected chi connectivity index (χ2v) is 5.91. The lowest BCUT2D eigenvalue weighted by Gasteiger charge is -2.27. The van der Waals surface area contributed by atoms with E-state index in [1.54, 1.807) is 12.1 Å². The van der Waals surface area contributed by atoms with E-state index >= 15 is 0 Å². The third kappa shape index (κ3) is 3.21. The third-order valence-electron chi connectivity index (χ3n) is 3.53. The van der Waals surface area contributed by atoms with E-state index in [1.165, 1.54) is 32.8 Å². The first kappa shape index (κ1) is 12.9. The van der Waals surface area contributed by atoms with Crippen LogP contribution in [-0.2, 0) is 6.42 Å². The number of methoxy groups -OCH3 is 1. The summed E-state index contributed by atoms with van der Waals surface area (Å²) in [5, 5.41) is 0. The van der Waals surface area contributed by atoms with Gasteiger partial charge in [-0.25, -0.2) is 4.39 Å². The van der Waals surface area contributed by atoms with Crippen molar-refractivity contribution in [1.82, 2.24) is 0 Å². The van der Waals surface area contributed by atoms with Crippen LogP contribution in [0.25, 0.3) is 0 Å². The van der Waals surface area contributed by atoms with Gasteiger partial charge in [-0.3, -0.25) is 0 Å². The molecule has 94 valence electrons. The first-order valence-electron chi connectivity index (χ1n) is 6.17. The van der Waals surface area contributed by atoms with E-state index in [-0.39, 0.29) is 5.82 Å². The molecule has 0 aromatic heterocycles. The van der Waals surface area contributed by atoms with Crippen molar-refractivity contribution < 1.29 is 9.13 Å². The van der Waals surface area contributed by atoms with Crippen molar-refractivity contribution in [3.05, 3.63) is 29.6 Å². The number of ether oxygens (including phenoxy) is 1. The van der Waals surface area contributed by atoms with Gasteiger partial charge in [-0.2, -0.15) is 0 Å². The molecule has 1 aliphatic carbocycles. The van der Waals surface area contributed by atoms with Crippen LogP contribution < -0.4 is 4.74 Å². The van der Waals surface area contributed by atoms with Gasteiger partial charge in [0.1, 0.15) is 0 Å². The number of hydrogen-bond acceptors (Lipinski definition) is 1. The summed E-state index contributed by atoms with van der Waals surface area (Å²) in [6.07, 6.45) is 6.04.